The Morgan fingerprint density at radius 3 is 2.56 bits per heavy atom. The van der Waals surface area contributed by atoms with E-state index in [1.54, 1.807) is 12.1 Å². The zero-order valence-corrected chi connectivity index (χ0v) is 10.5. The topological polar surface area (TPSA) is 17.0 Å². The van der Waals surface area contributed by atoms with E-state index < -0.39 is 18.9 Å². The van der Waals surface area contributed by atoms with Crippen molar-refractivity contribution in [3.63, 3.8) is 0 Å². The minimum atomic E-state index is -3.99. The molecule has 0 unspecified atom stereocenters. The molecule has 1 heterocycles. The van der Waals surface area contributed by atoms with Gasteiger partial charge < -0.3 is 9.88 Å². The van der Waals surface area contributed by atoms with Gasteiger partial charge in [-0.1, -0.05) is 13.8 Å². The highest BCUT2D eigenvalue weighted by molar-refractivity contribution is 5.07. The van der Waals surface area contributed by atoms with Crippen molar-refractivity contribution in [2.75, 3.05) is 6.54 Å². The Kier molecular flexibility index (Phi) is 5.19. The fourth-order valence-corrected chi connectivity index (χ4v) is 1.55. The normalized spacial score (nSPS) is 12.7. The van der Waals surface area contributed by atoms with Crippen LogP contribution in [0, 0.1) is 5.92 Å². The molecule has 0 radical (unpaired) electrons. The number of hydrogen-bond acceptors (Lipinski definition) is 1. The van der Waals surface area contributed by atoms with E-state index in [1.165, 1.54) is 10.8 Å². The van der Waals surface area contributed by atoms with Crippen molar-refractivity contribution in [3.05, 3.63) is 24.0 Å². The quantitative estimate of drug-likeness (QED) is 0.750. The summed E-state index contributed by atoms with van der Waals surface area (Å²) in [6, 6.07) is 3.23. The summed E-state index contributed by atoms with van der Waals surface area (Å²) in [5.74, 6) is -3.55. The molecule has 1 N–H and O–H groups in total. The minimum Gasteiger partial charge on any atom is -0.344 e. The minimum absolute atomic E-state index is 0.393. The van der Waals surface area contributed by atoms with Crippen LogP contribution in [-0.2, 0) is 13.1 Å². The molecule has 0 aromatic carbocycles. The average Bonchev–Trinajstić information content (AvgIpc) is 2.64. The molecule has 18 heavy (non-hydrogen) atoms. The first-order valence-electron chi connectivity index (χ1n) is 5.83. The highest BCUT2D eigenvalue weighted by Crippen LogP contribution is 2.25. The van der Waals surface area contributed by atoms with Crippen LogP contribution in [0.5, 0.6) is 0 Å². The molecule has 104 valence electrons. The summed E-state index contributed by atoms with van der Waals surface area (Å²) in [5.41, 5.74) is 0.580. The summed E-state index contributed by atoms with van der Waals surface area (Å²) < 4.78 is 51.3. The second kappa shape index (κ2) is 6.22. The smallest absolute Gasteiger partial charge is 0.324 e. The average molecular weight is 266 g/mol. The standard InChI is InChI=1S/C12H18F4N2/c1-9(2)6-17-7-10-4-3-5-18(10)8-12(15,16)11(13)14/h3-5,9,11,17H,6-8H2,1-2H3. The Hall–Kier alpha value is -1.04. The second-order valence-electron chi connectivity index (χ2n) is 4.71. The fourth-order valence-electron chi connectivity index (χ4n) is 1.55. The maximum atomic E-state index is 12.9. The second-order valence-corrected chi connectivity index (χ2v) is 4.71. The first kappa shape index (κ1) is 15.0. The summed E-state index contributed by atoms with van der Waals surface area (Å²) in [6.07, 6.45) is -2.25. The number of nitrogens with one attached hydrogen (secondary N) is 1. The van der Waals surface area contributed by atoms with Gasteiger partial charge in [0.05, 0.1) is 6.54 Å². The number of aromatic nitrogens is 1. The predicted molar refractivity (Wildman–Crippen MR) is 61.9 cm³/mol. The molecule has 0 saturated carbocycles. The Balaban J connectivity index is 2.60. The van der Waals surface area contributed by atoms with E-state index in [4.69, 9.17) is 0 Å². The third-order valence-corrected chi connectivity index (χ3v) is 2.48. The molecule has 6 heteroatoms. The SMILES string of the molecule is CC(C)CNCc1cccn1CC(F)(F)C(F)F. The van der Waals surface area contributed by atoms with Crippen molar-refractivity contribution < 1.29 is 17.6 Å². The van der Waals surface area contributed by atoms with E-state index in [0.717, 1.165) is 6.54 Å². The van der Waals surface area contributed by atoms with Crippen LogP contribution in [0.3, 0.4) is 0 Å². The van der Waals surface area contributed by atoms with Crippen LogP contribution in [-0.4, -0.2) is 23.5 Å². The molecule has 2 nitrogen and oxygen atoms in total. The molecule has 0 atom stereocenters. The Bertz CT molecular complexity index is 361. The van der Waals surface area contributed by atoms with Crippen LogP contribution in [0.25, 0.3) is 0 Å². The molecule has 0 saturated heterocycles. The van der Waals surface area contributed by atoms with Gasteiger partial charge in [0.2, 0.25) is 0 Å². The van der Waals surface area contributed by atoms with Crippen LogP contribution in [0.1, 0.15) is 19.5 Å². The Morgan fingerprint density at radius 1 is 1.33 bits per heavy atom. The molecule has 1 aromatic heterocycles. The number of nitrogens with zero attached hydrogens (tertiary/aromatic N) is 1. The lowest BCUT2D eigenvalue weighted by atomic mass is 10.2. The van der Waals surface area contributed by atoms with Gasteiger partial charge in [0.1, 0.15) is 0 Å². The van der Waals surface area contributed by atoms with E-state index in [0.29, 0.717) is 18.2 Å². The molecule has 0 aliphatic rings. The van der Waals surface area contributed by atoms with E-state index in [1.807, 2.05) is 13.8 Å². The van der Waals surface area contributed by atoms with Gasteiger partial charge in [0.25, 0.3) is 0 Å². The molecule has 0 bridgehead atoms. The van der Waals surface area contributed by atoms with Gasteiger partial charge in [0, 0.05) is 18.4 Å². The summed E-state index contributed by atoms with van der Waals surface area (Å²) in [4.78, 5) is 0. The van der Waals surface area contributed by atoms with Crippen molar-refractivity contribution in [1.29, 1.82) is 0 Å². The first-order valence-corrected chi connectivity index (χ1v) is 5.83. The van der Waals surface area contributed by atoms with Gasteiger partial charge in [0.15, 0.2) is 0 Å². The van der Waals surface area contributed by atoms with Crippen LogP contribution >= 0.6 is 0 Å². The van der Waals surface area contributed by atoms with Gasteiger partial charge in [-0.25, -0.2) is 8.78 Å². The van der Waals surface area contributed by atoms with Crippen molar-refractivity contribution in [2.45, 2.75) is 39.3 Å². The Labute approximate surface area is 104 Å². The van der Waals surface area contributed by atoms with Crippen LogP contribution in [0.15, 0.2) is 18.3 Å². The van der Waals surface area contributed by atoms with Gasteiger partial charge in [-0.05, 0) is 24.6 Å². The zero-order valence-electron chi connectivity index (χ0n) is 10.5. The number of hydrogen-bond donors (Lipinski definition) is 1. The molecule has 0 spiro atoms. The summed E-state index contributed by atoms with van der Waals surface area (Å²) in [7, 11) is 0. The Morgan fingerprint density at radius 2 is 2.00 bits per heavy atom. The van der Waals surface area contributed by atoms with Gasteiger partial charge in [-0.2, -0.15) is 8.78 Å². The van der Waals surface area contributed by atoms with E-state index in [9.17, 15) is 17.6 Å². The van der Waals surface area contributed by atoms with Crippen LogP contribution < -0.4 is 5.32 Å². The summed E-state index contributed by atoms with van der Waals surface area (Å²) in [5, 5.41) is 3.09. The maximum absolute atomic E-state index is 12.9. The van der Waals surface area contributed by atoms with Crippen molar-refractivity contribution in [1.82, 2.24) is 9.88 Å². The van der Waals surface area contributed by atoms with Gasteiger partial charge in [-0.3, -0.25) is 0 Å². The van der Waals surface area contributed by atoms with E-state index >= 15 is 0 Å². The summed E-state index contributed by atoms with van der Waals surface area (Å²) >= 11 is 0. The number of rotatable bonds is 7. The van der Waals surface area contributed by atoms with E-state index in [2.05, 4.69) is 5.32 Å². The third-order valence-electron chi connectivity index (χ3n) is 2.48. The molecular formula is C12H18F4N2. The first-order chi connectivity index (χ1) is 8.33. The number of alkyl halides is 4. The largest absolute Gasteiger partial charge is 0.344 e. The van der Waals surface area contributed by atoms with Crippen molar-refractivity contribution in [3.8, 4) is 0 Å². The lowest BCUT2D eigenvalue weighted by Gasteiger charge is -2.18. The molecule has 1 rings (SSSR count). The third kappa shape index (κ3) is 4.33. The monoisotopic (exact) mass is 266 g/mol. The molecular weight excluding hydrogens is 248 g/mol. The van der Waals surface area contributed by atoms with E-state index in [-0.39, 0.29) is 0 Å². The summed E-state index contributed by atoms with van der Waals surface area (Å²) in [6.45, 7) is 4.20. The fraction of sp³-hybridized carbons (Fsp3) is 0.667. The highest BCUT2D eigenvalue weighted by Gasteiger charge is 2.41. The highest BCUT2D eigenvalue weighted by atomic mass is 19.3. The molecule has 0 fully saturated rings. The van der Waals surface area contributed by atoms with Crippen LogP contribution in [0.4, 0.5) is 17.6 Å². The van der Waals surface area contributed by atoms with Gasteiger partial charge in [-0.15, -0.1) is 0 Å². The molecule has 0 aliphatic carbocycles. The lowest BCUT2D eigenvalue weighted by Crippen LogP contribution is -2.33. The van der Waals surface area contributed by atoms with Crippen molar-refractivity contribution >= 4 is 0 Å². The molecule has 0 aliphatic heterocycles. The molecule has 1 aromatic rings. The van der Waals surface area contributed by atoms with Crippen LogP contribution in [0.2, 0.25) is 0 Å². The predicted octanol–water partition coefficient (Wildman–Crippen LogP) is 3.13. The maximum Gasteiger partial charge on any atom is 0.324 e. The van der Waals surface area contributed by atoms with Gasteiger partial charge >= 0.3 is 12.3 Å². The zero-order chi connectivity index (χ0) is 13.8. The van der Waals surface area contributed by atoms with Crippen molar-refractivity contribution in [2.24, 2.45) is 5.92 Å². The lowest BCUT2D eigenvalue weighted by molar-refractivity contribution is -0.138. The number of halogens is 4. The molecule has 0 amide bonds.